The summed E-state index contributed by atoms with van der Waals surface area (Å²) in [4.78, 5) is 4.12. The first-order valence-electron chi connectivity index (χ1n) is 7.03. The van der Waals surface area contributed by atoms with Gasteiger partial charge in [0.25, 0.3) is 0 Å². The molecule has 126 valence electrons. The van der Waals surface area contributed by atoms with Gasteiger partial charge in [-0.05, 0) is 25.1 Å². The van der Waals surface area contributed by atoms with Crippen LogP contribution in [-0.2, 0) is 13.6 Å². The van der Waals surface area contributed by atoms with Gasteiger partial charge in [0.15, 0.2) is 5.96 Å². The van der Waals surface area contributed by atoms with Crippen molar-refractivity contribution in [3.63, 3.8) is 0 Å². The van der Waals surface area contributed by atoms with Crippen LogP contribution in [0, 0.1) is 11.6 Å². The molecule has 23 heavy (non-hydrogen) atoms. The molecule has 0 spiro atoms. The Kier molecular flexibility index (Phi) is 7.47. The lowest BCUT2D eigenvalue weighted by Gasteiger charge is -2.19. The fourth-order valence-electron chi connectivity index (χ4n) is 2.18. The van der Waals surface area contributed by atoms with Crippen LogP contribution in [0.4, 0.5) is 8.78 Å². The van der Waals surface area contributed by atoms with E-state index in [4.69, 9.17) is 0 Å². The smallest absolute Gasteiger partial charge is 0.191 e. The number of benzene rings is 1. The molecule has 1 unspecified atom stereocenters. The summed E-state index contributed by atoms with van der Waals surface area (Å²) >= 11 is 0. The molecule has 0 fully saturated rings. The van der Waals surface area contributed by atoms with Crippen molar-refractivity contribution in [3.05, 3.63) is 59.4 Å². The summed E-state index contributed by atoms with van der Waals surface area (Å²) in [5.74, 6) is -0.602. The van der Waals surface area contributed by atoms with Gasteiger partial charge in [-0.15, -0.1) is 24.0 Å². The number of nitrogens with zero attached hydrogens (tertiary/aromatic N) is 2. The standard InChI is InChI=1S/C16H20F2N4.HI/c1-11(14-7-6-12(17)9-15(14)18)21-16(19-2)20-10-13-5-4-8-22(13)3;/h4-9,11H,10H2,1-3H3,(H2,19,20,21);1H. The first-order valence-corrected chi connectivity index (χ1v) is 7.03. The zero-order valence-electron chi connectivity index (χ0n) is 13.3. The number of guanidine groups is 1. The van der Waals surface area contributed by atoms with Crippen molar-refractivity contribution in [1.29, 1.82) is 0 Å². The van der Waals surface area contributed by atoms with Crippen molar-refractivity contribution in [1.82, 2.24) is 15.2 Å². The highest BCUT2D eigenvalue weighted by atomic mass is 127. The van der Waals surface area contributed by atoms with Crippen molar-refractivity contribution in [2.24, 2.45) is 12.0 Å². The Balaban J connectivity index is 0.00000264. The van der Waals surface area contributed by atoms with Gasteiger partial charge in [-0.1, -0.05) is 6.07 Å². The number of rotatable bonds is 4. The monoisotopic (exact) mass is 434 g/mol. The number of hydrogen-bond donors (Lipinski definition) is 2. The van der Waals surface area contributed by atoms with Gasteiger partial charge < -0.3 is 15.2 Å². The summed E-state index contributed by atoms with van der Waals surface area (Å²) in [6.45, 7) is 2.40. The molecule has 1 atom stereocenters. The molecule has 0 bridgehead atoms. The molecule has 2 rings (SSSR count). The topological polar surface area (TPSA) is 41.4 Å². The third kappa shape index (κ3) is 5.19. The van der Waals surface area contributed by atoms with Crippen LogP contribution in [-0.4, -0.2) is 17.6 Å². The minimum absolute atomic E-state index is 0. The molecule has 1 aromatic carbocycles. The maximum absolute atomic E-state index is 13.8. The van der Waals surface area contributed by atoms with Crippen LogP contribution < -0.4 is 10.6 Å². The fourth-order valence-corrected chi connectivity index (χ4v) is 2.18. The van der Waals surface area contributed by atoms with E-state index >= 15 is 0 Å². The predicted molar refractivity (Wildman–Crippen MR) is 98.9 cm³/mol. The molecule has 0 saturated heterocycles. The third-order valence-corrected chi connectivity index (χ3v) is 3.49. The predicted octanol–water partition coefficient (Wildman–Crippen LogP) is 3.35. The molecule has 1 aromatic heterocycles. The molecule has 4 nitrogen and oxygen atoms in total. The lowest BCUT2D eigenvalue weighted by molar-refractivity contribution is 0.550. The lowest BCUT2D eigenvalue weighted by atomic mass is 10.1. The van der Waals surface area contributed by atoms with Gasteiger partial charge in [0.05, 0.1) is 12.6 Å². The van der Waals surface area contributed by atoms with Crippen LogP contribution >= 0.6 is 24.0 Å². The zero-order valence-corrected chi connectivity index (χ0v) is 15.6. The highest BCUT2D eigenvalue weighted by Gasteiger charge is 2.13. The average molecular weight is 434 g/mol. The van der Waals surface area contributed by atoms with E-state index in [-0.39, 0.29) is 30.0 Å². The summed E-state index contributed by atoms with van der Waals surface area (Å²) in [5, 5.41) is 6.26. The van der Waals surface area contributed by atoms with Crippen molar-refractivity contribution < 1.29 is 8.78 Å². The van der Waals surface area contributed by atoms with Gasteiger partial charge >= 0.3 is 0 Å². The summed E-state index contributed by atoms with van der Waals surface area (Å²) in [6.07, 6.45) is 1.96. The maximum atomic E-state index is 13.8. The van der Waals surface area contributed by atoms with Gasteiger partial charge in [0.1, 0.15) is 11.6 Å². The number of aliphatic imine (C=N–C) groups is 1. The number of halogens is 3. The molecule has 2 N–H and O–H groups in total. The normalized spacial score (nSPS) is 12.5. The van der Waals surface area contributed by atoms with E-state index in [0.29, 0.717) is 18.1 Å². The second-order valence-electron chi connectivity index (χ2n) is 5.07. The molecule has 0 saturated carbocycles. The molecule has 7 heteroatoms. The fraction of sp³-hybridized carbons (Fsp3) is 0.312. The molecule has 0 aliphatic heterocycles. The van der Waals surface area contributed by atoms with E-state index < -0.39 is 11.6 Å². The van der Waals surface area contributed by atoms with E-state index in [2.05, 4.69) is 15.6 Å². The number of aromatic nitrogens is 1. The van der Waals surface area contributed by atoms with Gasteiger partial charge in [0.2, 0.25) is 0 Å². The summed E-state index contributed by atoms with van der Waals surface area (Å²) < 4.78 is 28.7. The Hall–Kier alpha value is -1.64. The Morgan fingerprint density at radius 3 is 2.61 bits per heavy atom. The Labute approximate surface area is 152 Å². The number of aryl methyl sites for hydroxylation is 1. The summed E-state index contributed by atoms with van der Waals surface area (Å²) in [7, 11) is 3.61. The molecular weight excluding hydrogens is 413 g/mol. The van der Waals surface area contributed by atoms with E-state index in [0.717, 1.165) is 11.8 Å². The van der Waals surface area contributed by atoms with Gasteiger partial charge in [-0.3, -0.25) is 4.99 Å². The largest absolute Gasteiger partial charge is 0.353 e. The first kappa shape index (κ1) is 19.4. The quantitative estimate of drug-likeness (QED) is 0.441. The lowest BCUT2D eigenvalue weighted by Crippen LogP contribution is -2.38. The van der Waals surface area contributed by atoms with Gasteiger partial charge in [-0.25, -0.2) is 8.78 Å². The van der Waals surface area contributed by atoms with Crippen molar-refractivity contribution in [2.75, 3.05) is 7.05 Å². The van der Waals surface area contributed by atoms with Crippen LogP contribution in [0.3, 0.4) is 0 Å². The molecule has 0 radical (unpaired) electrons. The van der Waals surface area contributed by atoms with Crippen molar-refractivity contribution in [2.45, 2.75) is 19.5 Å². The third-order valence-electron chi connectivity index (χ3n) is 3.49. The molecule has 0 amide bonds. The second kappa shape index (κ2) is 8.85. The highest BCUT2D eigenvalue weighted by molar-refractivity contribution is 14.0. The van der Waals surface area contributed by atoms with Crippen molar-refractivity contribution in [3.8, 4) is 0 Å². The maximum Gasteiger partial charge on any atom is 0.191 e. The minimum atomic E-state index is -0.584. The number of hydrogen-bond acceptors (Lipinski definition) is 1. The van der Waals surface area contributed by atoms with Crippen LogP contribution in [0.15, 0.2) is 41.5 Å². The van der Waals surface area contributed by atoms with E-state index in [1.807, 2.05) is 29.9 Å². The SMILES string of the molecule is CN=C(NCc1cccn1C)NC(C)c1ccc(F)cc1F.I. The van der Waals surface area contributed by atoms with Gasteiger partial charge in [0, 0.05) is 37.6 Å². The number of nitrogens with one attached hydrogen (secondary N) is 2. The van der Waals surface area contributed by atoms with E-state index in [1.165, 1.54) is 12.1 Å². The molecular formula is C16H21F2IN4. The van der Waals surface area contributed by atoms with Crippen LogP contribution in [0.2, 0.25) is 0 Å². The second-order valence-corrected chi connectivity index (χ2v) is 5.07. The highest BCUT2D eigenvalue weighted by Crippen LogP contribution is 2.17. The van der Waals surface area contributed by atoms with E-state index in [9.17, 15) is 8.78 Å². The first-order chi connectivity index (χ1) is 10.5. The van der Waals surface area contributed by atoms with Crippen LogP contribution in [0.1, 0.15) is 24.2 Å². The molecule has 1 heterocycles. The molecule has 0 aliphatic carbocycles. The Bertz CT molecular complexity index is 670. The van der Waals surface area contributed by atoms with Gasteiger partial charge in [-0.2, -0.15) is 0 Å². The van der Waals surface area contributed by atoms with Crippen molar-refractivity contribution >= 4 is 29.9 Å². The summed E-state index contributed by atoms with van der Waals surface area (Å²) in [5.41, 5.74) is 1.49. The molecule has 2 aromatic rings. The van der Waals surface area contributed by atoms with Crippen LogP contribution in [0.25, 0.3) is 0 Å². The van der Waals surface area contributed by atoms with Crippen LogP contribution in [0.5, 0.6) is 0 Å². The summed E-state index contributed by atoms with van der Waals surface area (Å²) in [6, 6.07) is 7.20. The molecule has 0 aliphatic rings. The Morgan fingerprint density at radius 1 is 1.30 bits per heavy atom. The minimum Gasteiger partial charge on any atom is -0.353 e. The van der Waals surface area contributed by atoms with E-state index in [1.54, 1.807) is 14.0 Å². The zero-order chi connectivity index (χ0) is 16.1. The average Bonchev–Trinajstić information content (AvgIpc) is 2.88. The Morgan fingerprint density at radius 2 is 2.04 bits per heavy atom.